The van der Waals surface area contributed by atoms with E-state index in [4.69, 9.17) is 14.3 Å². The maximum Gasteiger partial charge on any atom is 0.339 e. The number of nitrogens with one attached hydrogen (secondary N) is 1. The molecule has 2 N–H and O–H groups in total. The maximum atomic E-state index is 13.1. The number of aromatic carboxylic acids is 1. The van der Waals surface area contributed by atoms with Crippen molar-refractivity contribution in [3.05, 3.63) is 58.8 Å². The molecule has 1 fully saturated rings. The normalized spacial score (nSPS) is 19.5. The zero-order chi connectivity index (χ0) is 18.7. The Hall–Kier alpha value is -2.67. The van der Waals surface area contributed by atoms with E-state index in [0.29, 0.717) is 19.6 Å². The summed E-state index contributed by atoms with van der Waals surface area (Å²) in [6.45, 7) is 2.67. The Labute approximate surface area is 150 Å². The molecule has 6 nitrogen and oxygen atoms in total. The average Bonchev–Trinajstić information content (AvgIpc) is 3.27. The van der Waals surface area contributed by atoms with Crippen molar-refractivity contribution < 1.29 is 28.2 Å². The molecule has 0 spiro atoms. The van der Waals surface area contributed by atoms with Gasteiger partial charge in [-0.15, -0.1) is 0 Å². The fourth-order valence-electron chi connectivity index (χ4n) is 3.16. The van der Waals surface area contributed by atoms with Gasteiger partial charge in [-0.1, -0.05) is 19.1 Å². The van der Waals surface area contributed by atoms with Crippen molar-refractivity contribution in [3.63, 3.8) is 0 Å². The molecule has 1 saturated heterocycles. The van der Waals surface area contributed by atoms with Crippen LogP contribution in [-0.2, 0) is 11.2 Å². The second-order valence-electron chi connectivity index (χ2n) is 6.21. The smallest absolute Gasteiger partial charge is 0.339 e. The van der Waals surface area contributed by atoms with E-state index in [2.05, 4.69) is 5.32 Å². The van der Waals surface area contributed by atoms with Gasteiger partial charge < -0.3 is 19.6 Å². The van der Waals surface area contributed by atoms with Crippen LogP contribution in [0.2, 0.25) is 0 Å². The molecule has 0 aliphatic carbocycles. The zero-order valence-electron chi connectivity index (χ0n) is 14.3. The molecule has 26 heavy (non-hydrogen) atoms. The van der Waals surface area contributed by atoms with E-state index < -0.39 is 11.9 Å². The molecule has 1 amide bonds. The first-order chi connectivity index (χ1) is 12.5. The number of furan rings is 1. The van der Waals surface area contributed by atoms with Crippen molar-refractivity contribution in [1.29, 1.82) is 0 Å². The summed E-state index contributed by atoms with van der Waals surface area (Å²) >= 11 is 0. The van der Waals surface area contributed by atoms with E-state index >= 15 is 0 Å². The summed E-state index contributed by atoms with van der Waals surface area (Å²) in [6.07, 6.45) is 0.937. The molecule has 1 aliphatic heterocycles. The number of hydrogen-bond acceptors (Lipinski definition) is 4. The van der Waals surface area contributed by atoms with Crippen LogP contribution in [0, 0.1) is 11.7 Å². The molecule has 2 heterocycles. The lowest BCUT2D eigenvalue weighted by atomic mass is 9.95. The first-order valence-electron chi connectivity index (χ1n) is 8.50. The van der Waals surface area contributed by atoms with Crippen LogP contribution in [0.1, 0.15) is 51.7 Å². The van der Waals surface area contributed by atoms with Crippen LogP contribution in [0.25, 0.3) is 0 Å². The SMILES string of the molecule is CCc1oc(C(=O)NC[C@@H]2CCO[C@H]2c2ccc(F)cc2)cc1C(=O)O. The van der Waals surface area contributed by atoms with Crippen LogP contribution in [0.4, 0.5) is 4.39 Å². The number of rotatable bonds is 6. The lowest BCUT2D eigenvalue weighted by Gasteiger charge is -2.19. The summed E-state index contributed by atoms with van der Waals surface area (Å²) in [5.41, 5.74) is 0.869. The number of carbonyl (C=O) groups excluding carboxylic acids is 1. The molecule has 0 unspecified atom stereocenters. The Balaban J connectivity index is 1.65. The lowest BCUT2D eigenvalue weighted by Crippen LogP contribution is -2.30. The highest BCUT2D eigenvalue weighted by molar-refractivity contribution is 5.96. The number of ether oxygens (including phenoxy) is 1. The van der Waals surface area contributed by atoms with Crippen molar-refractivity contribution in [2.45, 2.75) is 25.9 Å². The molecule has 0 saturated carbocycles. The summed E-state index contributed by atoms with van der Waals surface area (Å²) in [4.78, 5) is 23.5. The highest BCUT2D eigenvalue weighted by Gasteiger charge is 2.30. The largest absolute Gasteiger partial charge is 0.478 e. The van der Waals surface area contributed by atoms with Crippen molar-refractivity contribution in [2.24, 2.45) is 5.92 Å². The highest BCUT2D eigenvalue weighted by atomic mass is 19.1. The second kappa shape index (κ2) is 7.70. The predicted molar refractivity (Wildman–Crippen MR) is 90.6 cm³/mol. The Bertz CT molecular complexity index is 799. The molecule has 138 valence electrons. The summed E-state index contributed by atoms with van der Waals surface area (Å²) in [7, 11) is 0. The molecule has 1 aromatic carbocycles. The first-order valence-corrected chi connectivity index (χ1v) is 8.50. The van der Waals surface area contributed by atoms with E-state index in [9.17, 15) is 14.0 Å². The van der Waals surface area contributed by atoms with Crippen LogP contribution in [0.5, 0.6) is 0 Å². The third-order valence-electron chi connectivity index (χ3n) is 4.52. The van der Waals surface area contributed by atoms with Crippen molar-refractivity contribution in [2.75, 3.05) is 13.2 Å². The zero-order valence-corrected chi connectivity index (χ0v) is 14.3. The average molecular weight is 361 g/mol. The van der Waals surface area contributed by atoms with Crippen molar-refractivity contribution in [3.8, 4) is 0 Å². The fourth-order valence-corrected chi connectivity index (χ4v) is 3.16. The maximum absolute atomic E-state index is 13.1. The quantitative estimate of drug-likeness (QED) is 0.825. The number of aryl methyl sites for hydroxylation is 1. The van der Waals surface area contributed by atoms with Gasteiger partial charge in [0.1, 0.15) is 17.1 Å². The minimum absolute atomic E-state index is 0.00559. The minimum Gasteiger partial charge on any atom is -0.478 e. The molecular formula is C19H20FNO5. The first kappa shape index (κ1) is 18.1. The van der Waals surface area contributed by atoms with Gasteiger partial charge in [0.15, 0.2) is 5.76 Å². The molecular weight excluding hydrogens is 341 g/mol. The molecule has 2 atom stereocenters. The lowest BCUT2D eigenvalue weighted by molar-refractivity contribution is 0.0693. The van der Waals surface area contributed by atoms with Gasteiger partial charge in [-0.3, -0.25) is 4.79 Å². The van der Waals surface area contributed by atoms with Crippen LogP contribution < -0.4 is 5.32 Å². The van der Waals surface area contributed by atoms with Crippen LogP contribution >= 0.6 is 0 Å². The number of hydrogen-bond donors (Lipinski definition) is 2. The van der Waals surface area contributed by atoms with Gasteiger partial charge in [0.2, 0.25) is 0 Å². The van der Waals surface area contributed by atoms with Gasteiger partial charge in [0.05, 0.1) is 6.10 Å². The fraction of sp³-hybridized carbons (Fsp3) is 0.368. The van der Waals surface area contributed by atoms with Gasteiger partial charge in [-0.05, 0) is 24.1 Å². The molecule has 3 rings (SSSR count). The Kier molecular flexibility index (Phi) is 5.37. The number of carbonyl (C=O) groups is 2. The molecule has 1 aromatic heterocycles. The monoisotopic (exact) mass is 361 g/mol. The third kappa shape index (κ3) is 3.77. The van der Waals surface area contributed by atoms with Crippen LogP contribution in [0.3, 0.4) is 0 Å². The van der Waals surface area contributed by atoms with Gasteiger partial charge in [0, 0.05) is 31.6 Å². The van der Waals surface area contributed by atoms with Crippen LogP contribution in [-0.4, -0.2) is 30.1 Å². The molecule has 0 radical (unpaired) electrons. The summed E-state index contributed by atoms with van der Waals surface area (Å²) in [6, 6.07) is 7.38. The van der Waals surface area contributed by atoms with Gasteiger partial charge in [-0.25, -0.2) is 9.18 Å². The Morgan fingerprint density at radius 3 is 2.65 bits per heavy atom. The number of carboxylic acid groups (broad SMARTS) is 1. The topological polar surface area (TPSA) is 88.8 Å². The van der Waals surface area contributed by atoms with Crippen molar-refractivity contribution in [1.82, 2.24) is 5.32 Å². The number of amides is 1. The summed E-state index contributed by atoms with van der Waals surface area (Å²) < 4.78 is 24.2. The molecule has 0 bridgehead atoms. The number of benzene rings is 1. The van der Waals surface area contributed by atoms with Gasteiger partial charge in [-0.2, -0.15) is 0 Å². The van der Waals surface area contributed by atoms with E-state index in [1.165, 1.54) is 18.2 Å². The van der Waals surface area contributed by atoms with E-state index in [-0.39, 0.29) is 34.9 Å². The third-order valence-corrected chi connectivity index (χ3v) is 4.52. The Morgan fingerprint density at radius 1 is 1.31 bits per heavy atom. The number of carboxylic acids is 1. The highest BCUT2D eigenvalue weighted by Crippen LogP contribution is 2.34. The Morgan fingerprint density at radius 2 is 2.04 bits per heavy atom. The van der Waals surface area contributed by atoms with E-state index in [1.54, 1.807) is 19.1 Å². The second-order valence-corrected chi connectivity index (χ2v) is 6.21. The molecule has 7 heteroatoms. The van der Waals surface area contributed by atoms with E-state index in [1.807, 2.05) is 0 Å². The summed E-state index contributed by atoms with van der Waals surface area (Å²) in [5.74, 6) is -1.59. The molecule has 2 aromatic rings. The number of halogens is 1. The van der Waals surface area contributed by atoms with Crippen LogP contribution in [0.15, 0.2) is 34.7 Å². The minimum atomic E-state index is -1.12. The van der Waals surface area contributed by atoms with E-state index in [0.717, 1.165) is 12.0 Å². The summed E-state index contributed by atoms with van der Waals surface area (Å²) in [5, 5.41) is 11.9. The predicted octanol–water partition coefficient (Wildman–Crippen LogP) is 3.19. The van der Waals surface area contributed by atoms with Crippen molar-refractivity contribution >= 4 is 11.9 Å². The van der Waals surface area contributed by atoms with Gasteiger partial charge in [0.25, 0.3) is 5.91 Å². The standard InChI is InChI=1S/C19H20FNO5/c1-2-15-14(19(23)24)9-16(26-15)18(22)21-10-12-7-8-25-17(12)11-3-5-13(20)6-4-11/h3-6,9,12,17H,2,7-8,10H2,1H3,(H,21,22)(H,23,24)/t12-,17-/m0/s1. The van der Waals surface area contributed by atoms with Gasteiger partial charge >= 0.3 is 5.97 Å². The molecule has 1 aliphatic rings.